The number of carbonyl (C=O) groups excluding carboxylic acids is 1. The SMILES string of the molecule is Cc1cc(OCc2ccccc2)ccc1C(=O)C(F)(F)C(F)(F)F. The van der Waals surface area contributed by atoms with Crippen LogP contribution < -0.4 is 4.74 Å². The lowest BCUT2D eigenvalue weighted by molar-refractivity contribution is -0.255. The lowest BCUT2D eigenvalue weighted by atomic mass is 10.00. The minimum atomic E-state index is -5.93. The zero-order valence-electron chi connectivity index (χ0n) is 12.5. The average Bonchev–Trinajstić information content (AvgIpc) is 2.52. The number of alkyl halides is 5. The maximum atomic E-state index is 13.2. The number of hydrogen-bond acceptors (Lipinski definition) is 2. The topological polar surface area (TPSA) is 26.3 Å². The molecule has 0 spiro atoms. The van der Waals surface area contributed by atoms with E-state index in [4.69, 9.17) is 4.74 Å². The van der Waals surface area contributed by atoms with E-state index in [0.717, 1.165) is 11.6 Å². The van der Waals surface area contributed by atoms with E-state index in [-0.39, 0.29) is 17.9 Å². The molecule has 24 heavy (non-hydrogen) atoms. The van der Waals surface area contributed by atoms with E-state index in [0.29, 0.717) is 0 Å². The highest BCUT2D eigenvalue weighted by atomic mass is 19.4. The van der Waals surface area contributed by atoms with Crippen LogP contribution in [0.3, 0.4) is 0 Å². The van der Waals surface area contributed by atoms with Crippen molar-refractivity contribution in [2.24, 2.45) is 0 Å². The highest BCUT2D eigenvalue weighted by Gasteiger charge is 2.63. The number of ether oxygens (including phenoxy) is 1. The Bertz CT molecular complexity index is 724. The van der Waals surface area contributed by atoms with Gasteiger partial charge in [0, 0.05) is 5.56 Å². The van der Waals surface area contributed by atoms with Crippen LogP contribution in [-0.2, 0) is 6.61 Å². The summed E-state index contributed by atoms with van der Waals surface area (Å²) in [5.41, 5.74) is 0.151. The van der Waals surface area contributed by atoms with Crippen LogP contribution in [0.2, 0.25) is 0 Å². The molecule has 0 heterocycles. The number of benzene rings is 2. The van der Waals surface area contributed by atoms with Crippen molar-refractivity contribution in [2.75, 3.05) is 0 Å². The van der Waals surface area contributed by atoms with Crippen LogP contribution in [-0.4, -0.2) is 17.9 Å². The Kier molecular flexibility index (Phi) is 4.91. The first-order valence-corrected chi connectivity index (χ1v) is 6.89. The average molecular weight is 344 g/mol. The number of carbonyl (C=O) groups is 1. The summed E-state index contributed by atoms with van der Waals surface area (Å²) in [4.78, 5) is 11.5. The third kappa shape index (κ3) is 3.72. The van der Waals surface area contributed by atoms with Gasteiger partial charge in [0.25, 0.3) is 0 Å². The van der Waals surface area contributed by atoms with Gasteiger partial charge < -0.3 is 4.74 Å². The molecule has 0 amide bonds. The molecule has 7 heteroatoms. The fraction of sp³-hybridized carbons (Fsp3) is 0.235. The summed E-state index contributed by atoms with van der Waals surface area (Å²) in [6.45, 7) is 1.47. The van der Waals surface area contributed by atoms with Gasteiger partial charge in [-0.25, -0.2) is 0 Å². The van der Waals surface area contributed by atoms with Crippen LogP contribution in [0, 0.1) is 6.92 Å². The molecule has 0 aliphatic carbocycles. The number of aryl methyl sites for hydroxylation is 1. The Morgan fingerprint density at radius 2 is 1.62 bits per heavy atom. The second kappa shape index (κ2) is 6.59. The highest BCUT2D eigenvalue weighted by molar-refractivity contribution is 6.03. The predicted octanol–water partition coefficient (Wildman–Crippen LogP) is 4.95. The minimum absolute atomic E-state index is 0.0190. The molecule has 0 aliphatic heterocycles. The minimum Gasteiger partial charge on any atom is -0.489 e. The smallest absolute Gasteiger partial charge is 0.461 e. The Morgan fingerprint density at radius 3 is 2.17 bits per heavy atom. The van der Waals surface area contributed by atoms with Gasteiger partial charge in [0.1, 0.15) is 12.4 Å². The van der Waals surface area contributed by atoms with Gasteiger partial charge in [0.15, 0.2) is 0 Å². The Balaban J connectivity index is 2.16. The Labute approximate surface area is 134 Å². The fourth-order valence-electron chi connectivity index (χ4n) is 2.02. The molecule has 0 aromatic heterocycles. The molecule has 2 nitrogen and oxygen atoms in total. The van der Waals surface area contributed by atoms with E-state index in [1.807, 2.05) is 30.3 Å². The molecule has 0 unspecified atom stereocenters. The quantitative estimate of drug-likeness (QED) is 0.566. The molecular weight excluding hydrogens is 331 g/mol. The van der Waals surface area contributed by atoms with E-state index >= 15 is 0 Å². The van der Waals surface area contributed by atoms with Crippen LogP contribution in [0.25, 0.3) is 0 Å². The van der Waals surface area contributed by atoms with Crippen LogP contribution in [0.5, 0.6) is 5.75 Å². The first-order valence-electron chi connectivity index (χ1n) is 6.89. The van der Waals surface area contributed by atoms with Gasteiger partial charge in [0.2, 0.25) is 5.78 Å². The molecule has 2 aromatic rings. The van der Waals surface area contributed by atoms with Crippen LogP contribution >= 0.6 is 0 Å². The normalized spacial score (nSPS) is 12.1. The van der Waals surface area contributed by atoms with Crippen molar-refractivity contribution in [2.45, 2.75) is 25.6 Å². The van der Waals surface area contributed by atoms with Crippen molar-refractivity contribution in [3.63, 3.8) is 0 Å². The lowest BCUT2D eigenvalue weighted by Gasteiger charge is -2.19. The molecule has 0 saturated heterocycles. The van der Waals surface area contributed by atoms with Crippen molar-refractivity contribution in [3.05, 3.63) is 65.2 Å². The summed E-state index contributed by atoms with van der Waals surface area (Å²) in [6.07, 6.45) is -5.93. The largest absolute Gasteiger partial charge is 0.489 e. The van der Waals surface area contributed by atoms with Gasteiger partial charge in [0.05, 0.1) is 0 Å². The monoisotopic (exact) mass is 344 g/mol. The van der Waals surface area contributed by atoms with Gasteiger partial charge in [-0.1, -0.05) is 30.3 Å². The van der Waals surface area contributed by atoms with Crippen molar-refractivity contribution in [1.82, 2.24) is 0 Å². The summed E-state index contributed by atoms with van der Waals surface area (Å²) in [6, 6.07) is 12.4. The summed E-state index contributed by atoms with van der Waals surface area (Å²) in [5.74, 6) is -7.44. The summed E-state index contributed by atoms with van der Waals surface area (Å²) < 4.78 is 68.6. The van der Waals surface area contributed by atoms with Crippen molar-refractivity contribution in [1.29, 1.82) is 0 Å². The molecule has 0 aliphatic rings. The number of hydrogen-bond donors (Lipinski definition) is 0. The maximum absolute atomic E-state index is 13.2. The number of ketones is 1. The van der Waals surface area contributed by atoms with Gasteiger partial charge in [-0.05, 0) is 36.2 Å². The van der Waals surface area contributed by atoms with E-state index < -0.39 is 23.4 Å². The van der Waals surface area contributed by atoms with E-state index in [1.54, 1.807) is 0 Å². The molecule has 2 rings (SSSR count). The zero-order valence-corrected chi connectivity index (χ0v) is 12.5. The molecule has 128 valence electrons. The summed E-state index contributed by atoms with van der Waals surface area (Å²) in [5, 5.41) is 0. The highest BCUT2D eigenvalue weighted by Crippen LogP contribution is 2.38. The van der Waals surface area contributed by atoms with E-state index in [1.165, 1.54) is 19.1 Å². The first-order chi connectivity index (χ1) is 11.1. The van der Waals surface area contributed by atoms with Crippen LogP contribution in [0.1, 0.15) is 21.5 Å². The second-order valence-electron chi connectivity index (χ2n) is 5.15. The third-order valence-electron chi connectivity index (χ3n) is 3.33. The number of halogens is 5. The second-order valence-corrected chi connectivity index (χ2v) is 5.15. The van der Waals surface area contributed by atoms with Gasteiger partial charge >= 0.3 is 12.1 Å². The van der Waals surface area contributed by atoms with Gasteiger partial charge in [-0.2, -0.15) is 22.0 Å². The van der Waals surface area contributed by atoms with E-state index in [2.05, 4.69) is 0 Å². The molecule has 0 fully saturated rings. The van der Waals surface area contributed by atoms with Gasteiger partial charge in [-0.15, -0.1) is 0 Å². The summed E-state index contributed by atoms with van der Waals surface area (Å²) in [7, 11) is 0. The Morgan fingerprint density at radius 1 is 1.00 bits per heavy atom. The van der Waals surface area contributed by atoms with Crippen LogP contribution in [0.15, 0.2) is 48.5 Å². The van der Waals surface area contributed by atoms with Crippen LogP contribution in [0.4, 0.5) is 22.0 Å². The van der Waals surface area contributed by atoms with Crippen molar-refractivity contribution < 1.29 is 31.5 Å². The maximum Gasteiger partial charge on any atom is 0.461 e. The third-order valence-corrected chi connectivity index (χ3v) is 3.33. The standard InChI is InChI=1S/C17H13F5O2/c1-11-9-13(24-10-12-5-3-2-4-6-12)7-8-14(11)15(23)16(18,19)17(20,21)22/h2-9H,10H2,1H3. The van der Waals surface area contributed by atoms with E-state index in [9.17, 15) is 26.7 Å². The molecule has 2 aromatic carbocycles. The molecule has 0 atom stereocenters. The number of rotatable bonds is 5. The number of Topliss-reactive ketones (excluding diaryl/α,β-unsaturated/α-hetero) is 1. The molecule has 0 N–H and O–H groups in total. The molecular formula is C17H13F5O2. The lowest BCUT2D eigenvalue weighted by Crippen LogP contribution is -2.44. The fourth-order valence-corrected chi connectivity index (χ4v) is 2.02. The molecule has 0 saturated carbocycles. The van der Waals surface area contributed by atoms with Crippen molar-refractivity contribution >= 4 is 5.78 Å². The summed E-state index contributed by atoms with van der Waals surface area (Å²) >= 11 is 0. The van der Waals surface area contributed by atoms with Gasteiger partial charge in [-0.3, -0.25) is 4.79 Å². The molecule has 0 bridgehead atoms. The van der Waals surface area contributed by atoms with Crippen molar-refractivity contribution in [3.8, 4) is 5.75 Å². The first kappa shape index (κ1) is 17.9. The Hall–Kier alpha value is -2.44. The predicted molar refractivity (Wildman–Crippen MR) is 77.3 cm³/mol. The molecule has 0 radical (unpaired) electrons. The zero-order chi connectivity index (χ0) is 18.0.